The number of nitrogens with one attached hydrogen (secondary N) is 1. The van der Waals surface area contributed by atoms with Crippen LogP contribution in [0, 0.1) is 12.3 Å². The topological polar surface area (TPSA) is 34.1 Å². The molecule has 18 heavy (non-hydrogen) atoms. The van der Waals surface area contributed by atoms with E-state index in [2.05, 4.69) is 43.4 Å². The monoisotopic (exact) mass is 268 g/mol. The maximum Gasteiger partial charge on any atom is 0.0935 e. The standard InChI is InChI=1S/C14H24N2OS/c1-10(2)15-9-14(5-6-17-12(14)4)7-13-16-11(3)8-18-13/h8,10,12,15H,5-7,9H2,1-4H3. The van der Waals surface area contributed by atoms with Crippen LogP contribution in [0.1, 0.15) is 37.9 Å². The van der Waals surface area contributed by atoms with Crippen molar-refractivity contribution < 1.29 is 4.74 Å². The second-order valence-electron chi connectivity index (χ2n) is 5.72. The van der Waals surface area contributed by atoms with E-state index < -0.39 is 0 Å². The van der Waals surface area contributed by atoms with Gasteiger partial charge in [-0.15, -0.1) is 11.3 Å². The molecule has 4 heteroatoms. The number of rotatable bonds is 5. The summed E-state index contributed by atoms with van der Waals surface area (Å²) < 4.78 is 5.82. The van der Waals surface area contributed by atoms with Gasteiger partial charge in [-0.1, -0.05) is 13.8 Å². The Morgan fingerprint density at radius 1 is 1.61 bits per heavy atom. The molecule has 0 aliphatic carbocycles. The molecular weight excluding hydrogens is 244 g/mol. The summed E-state index contributed by atoms with van der Waals surface area (Å²) in [6.45, 7) is 10.6. The third-order valence-electron chi connectivity index (χ3n) is 3.86. The zero-order chi connectivity index (χ0) is 13.2. The molecule has 1 aromatic rings. The largest absolute Gasteiger partial charge is 0.378 e. The SMILES string of the molecule is Cc1csc(CC2(CNC(C)C)CCOC2C)n1. The molecule has 3 nitrogen and oxygen atoms in total. The highest BCUT2D eigenvalue weighted by Gasteiger charge is 2.42. The molecule has 1 aliphatic heterocycles. The van der Waals surface area contributed by atoms with Gasteiger partial charge in [-0.2, -0.15) is 0 Å². The van der Waals surface area contributed by atoms with E-state index in [-0.39, 0.29) is 5.41 Å². The summed E-state index contributed by atoms with van der Waals surface area (Å²) in [6.07, 6.45) is 2.48. The number of thiazole rings is 1. The van der Waals surface area contributed by atoms with Gasteiger partial charge in [-0.3, -0.25) is 0 Å². The highest BCUT2D eigenvalue weighted by Crippen LogP contribution is 2.38. The molecule has 0 bridgehead atoms. The Bertz CT molecular complexity index is 391. The first-order valence-corrected chi connectivity index (χ1v) is 7.66. The third-order valence-corrected chi connectivity index (χ3v) is 4.83. The van der Waals surface area contributed by atoms with Crippen LogP contribution in [0.3, 0.4) is 0 Å². The van der Waals surface area contributed by atoms with Crippen molar-refractivity contribution in [3.8, 4) is 0 Å². The average Bonchev–Trinajstić information content (AvgIpc) is 2.85. The van der Waals surface area contributed by atoms with Gasteiger partial charge >= 0.3 is 0 Å². The fourth-order valence-corrected chi connectivity index (χ4v) is 3.46. The quantitative estimate of drug-likeness (QED) is 0.891. The summed E-state index contributed by atoms with van der Waals surface area (Å²) >= 11 is 1.78. The zero-order valence-corrected chi connectivity index (χ0v) is 12.6. The fraction of sp³-hybridized carbons (Fsp3) is 0.786. The van der Waals surface area contributed by atoms with E-state index in [1.807, 2.05) is 0 Å². The van der Waals surface area contributed by atoms with Crippen LogP contribution in [0.25, 0.3) is 0 Å². The Labute approximate surface area is 114 Å². The minimum absolute atomic E-state index is 0.217. The van der Waals surface area contributed by atoms with Gasteiger partial charge in [0.15, 0.2) is 0 Å². The first-order chi connectivity index (χ1) is 8.52. The van der Waals surface area contributed by atoms with E-state index in [0.717, 1.165) is 31.7 Å². The first kappa shape index (κ1) is 14.0. The summed E-state index contributed by atoms with van der Waals surface area (Å²) in [5, 5.41) is 6.97. The Morgan fingerprint density at radius 3 is 2.89 bits per heavy atom. The van der Waals surface area contributed by atoms with Gasteiger partial charge in [0.2, 0.25) is 0 Å². The molecule has 102 valence electrons. The van der Waals surface area contributed by atoms with Crippen molar-refractivity contribution in [3.05, 3.63) is 16.1 Å². The van der Waals surface area contributed by atoms with Crippen molar-refractivity contribution in [2.45, 2.75) is 52.7 Å². The van der Waals surface area contributed by atoms with Gasteiger partial charge in [0.25, 0.3) is 0 Å². The van der Waals surface area contributed by atoms with E-state index in [4.69, 9.17) is 4.74 Å². The lowest BCUT2D eigenvalue weighted by molar-refractivity contribution is 0.0620. The van der Waals surface area contributed by atoms with Gasteiger partial charge in [-0.05, 0) is 20.3 Å². The second-order valence-corrected chi connectivity index (χ2v) is 6.66. The molecule has 0 saturated carbocycles. The van der Waals surface area contributed by atoms with Gasteiger partial charge in [-0.25, -0.2) is 4.98 Å². The molecule has 2 unspecified atom stereocenters. The molecule has 2 atom stereocenters. The minimum atomic E-state index is 0.217. The number of aryl methyl sites for hydroxylation is 1. The molecular formula is C14H24N2OS. The highest BCUT2D eigenvalue weighted by molar-refractivity contribution is 7.09. The first-order valence-electron chi connectivity index (χ1n) is 6.78. The fourth-order valence-electron chi connectivity index (χ4n) is 2.54. The van der Waals surface area contributed by atoms with Gasteiger partial charge in [0.1, 0.15) is 0 Å². The lowest BCUT2D eigenvalue weighted by Gasteiger charge is -2.32. The van der Waals surface area contributed by atoms with Crippen LogP contribution in [0.2, 0.25) is 0 Å². The summed E-state index contributed by atoms with van der Waals surface area (Å²) in [6, 6.07) is 0.521. The van der Waals surface area contributed by atoms with E-state index in [1.165, 1.54) is 5.01 Å². The Hall–Kier alpha value is -0.450. The van der Waals surface area contributed by atoms with Crippen molar-refractivity contribution in [2.75, 3.05) is 13.2 Å². The Kier molecular flexibility index (Phi) is 4.41. The maximum atomic E-state index is 5.82. The maximum absolute atomic E-state index is 5.82. The van der Waals surface area contributed by atoms with Crippen molar-refractivity contribution in [1.82, 2.24) is 10.3 Å². The van der Waals surface area contributed by atoms with Crippen LogP contribution >= 0.6 is 11.3 Å². The van der Waals surface area contributed by atoms with Crippen molar-refractivity contribution in [2.24, 2.45) is 5.41 Å². The molecule has 1 fully saturated rings. The summed E-state index contributed by atoms with van der Waals surface area (Å²) in [5.74, 6) is 0. The van der Waals surface area contributed by atoms with E-state index in [0.29, 0.717) is 12.1 Å². The molecule has 2 rings (SSSR count). The number of nitrogens with zero attached hydrogens (tertiary/aromatic N) is 1. The Morgan fingerprint density at radius 2 is 2.39 bits per heavy atom. The second kappa shape index (κ2) is 5.68. The van der Waals surface area contributed by atoms with Crippen LogP contribution < -0.4 is 5.32 Å². The van der Waals surface area contributed by atoms with Crippen LogP contribution in [-0.2, 0) is 11.2 Å². The number of ether oxygens (including phenoxy) is 1. The number of hydrogen-bond donors (Lipinski definition) is 1. The molecule has 1 aromatic heterocycles. The third kappa shape index (κ3) is 3.11. The molecule has 1 saturated heterocycles. The predicted octanol–water partition coefficient (Wildman–Crippen LogP) is 2.79. The Balaban J connectivity index is 2.09. The van der Waals surface area contributed by atoms with Gasteiger partial charge in [0.05, 0.1) is 11.1 Å². The van der Waals surface area contributed by atoms with Crippen molar-refractivity contribution in [1.29, 1.82) is 0 Å². The van der Waals surface area contributed by atoms with Crippen LogP contribution in [0.5, 0.6) is 0 Å². The molecule has 0 aromatic carbocycles. The molecule has 1 aliphatic rings. The lowest BCUT2D eigenvalue weighted by atomic mass is 9.78. The van der Waals surface area contributed by atoms with E-state index in [9.17, 15) is 0 Å². The number of hydrogen-bond acceptors (Lipinski definition) is 4. The predicted molar refractivity (Wildman–Crippen MR) is 76.2 cm³/mol. The molecule has 1 N–H and O–H groups in total. The molecule has 0 radical (unpaired) electrons. The van der Waals surface area contributed by atoms with Crippen LogP contribution in [-0.4, -0.2) is 30.3 Å². The summed E-state index contributed by atoms with van der Waals surface area (Å²) in [5.41, 5.74) is 1.35. The van der Waals surface area contributed by atoms with Crippen molar-refractivity contribution in [3.63, 3.8) is 0 Å². The normalized spacial score (nSPS) is 28.2. The molecule has 0 amide bonds. The zero-order valence-electron chi connectivity index (χ0n) is 11.8. The highest BCUT2D eigenvalue weighted by atomic mass is 32.1. The van der Waals surface area contributed by atoms with E-state index >= 15 is 0 Å². The average molecular weight is 268 g/mol. The number of aromatic nitrogens is 1. The van der Waals surface area contributed by atoms with Gasteiger partial charge < -0.3 is 10.1 Å². The minimum Gasteiger partial charge on any atom is -0.378 e. The molecule has 0 spiro atoms. The summed E-state index contributed by atoms with van der Waals surface area (Å²) in [4.78, 5) is 4.62. The van der Waals surface area contributed by atoms with Crippen LogP contribution in [0.4, 0.5) is 0 Å². The van der Waals surface area contributed by atoms with Gasteiger partial charge in [0, 0.05) is 42.1 Å². The van der Waals surface area contributed by atoms with Crippen molar-refractivity contribution >= 4 is 11.3 Å². The lowest BCUT2D eigenvalue weighted by Crippen LogP contribution is -2.43. The molecule has 2 heterocycles. The van der Waals surface area contributed by atoms with E-state index in [1.54, 1.807) is 11.3 Å². The summed E-state index contributed by atoms with van der Waals surface area (Å²) in [7, 11) is 0. The smallest absolute Gasteiger partial charge is 0.0935 e. The van der Waals surface area contributed by atoms with Crippen LogP contribution in [0.15, 0.2) is 5.38 Å².